The van der Waals surface area contributed by atoms with Gasteiger partial charge in [-0.15, -0.1) is 0 Å². The van der Waals surface area contributed by atoms with E-state index in [-0.39, 0.29) is 11.8 Å². The maximum Gasteiger partial charge on any atom is 0.233 e. The van der Waals surface area contributed by atoms with Crippen LogP contribution in [0.3, 0.4) is 0 Å². The number of carbonyl (C=O) groups excluding carboxylic acids is 1. The van der Waals surface area contributed by atoms with Crippen molar-refractivity contribution in [2.45, 2.75) is 12.3 Å². The third-order valence-corrected chi connectivity index (χ3v) is 5.29. The van der Waals surface area contributed by atoms with E-state index in [1.165, 1.54) is 0 Å². The first-order valence-electron chi connectivity index (χ1n) is 8.52. The van der Waals surface area contributed by atoms with Gasteiger partial charge in [0.2, 0.25) is 17.6 Å². The van der Waals surface area contributed by atoms with Crippen molar-refractivity contribution in [1.29, 1.82) is 0 Å². The minimum atomic E-state index is 0.0658. The molecule has 0 radical (unpaired) electrons. The van der Waals surface area contributed by atoms with E-state index in [4.69, 9.17) is 14.0 Å². The largest absolute Gasteiger partial charge is 0.493 e. The van der Waals surface area contributed by atoms with Gasteiger partial charge in [0.1, 0.15) is 0 Å². The van der Waals surface area contributed by atoms with Crippen LogP contribution in [0, 0.1) is 0 Å². The van der Waals surface area contributed by atoms with Gasteiger partial charge in [0.05, 0.1) is 26.6 Å². The van der Waals surface area contributed by atoms with Crippen LogP contribution < -0.4 is 9.47 Å². The third-order valence-electron chi connectivity index (χ3n) is 4.61. The molecule has 0 bridgehead atoms. The molecule has 0 aliphatic carbocycles. The number of rotatable bonds is 6. The van der Waals surface area contributed by atoms with Gasteiger partial charge in [-0.3, -0.25) is 4.79 Å². The standard InChI is InChI=1S/C19H19N3O4S/c1-24-15-4-3-12(7-16(15)25-2)8-17(23)22-9-14(10-22)19-20-18(21-26-19)13-5-6-27-11-13/h3-7,11,14H,8-10H2,1-2H3. The van der Waals surface area contributed by atoms with E-state index in [1.54, 1.807) is 30.5 Å². The summed E-state index contributed by atoms with van der Waals surface area (Å²) in [4.78, 5) is 18.8. The highest BCUT2D eigenvalue weighted by Gasteiger charge is 2.35. The summed E-state index contributed by atoms with van der Waals surface area (Å²) < 4.78 is 15.9. The van der Waals surface area contributed by atoms with Gasteiger partial charge < -0.3 is 18.9 Å². The van der Waals surface area contributed by atoms with Crippen LogP contribution in [0.5, 0.6) is 11.5 Å². The van der Waals surface area contributed by atoms with Gasteiger partial charge >= 0.3 is 0 Å². The molecule has 0 saturated carbocycles. The van der Waals surface area contributed by atoms with Crippen LogP contribution in [0.25, 0.3) is 11.4 Å². The lowest BCUT2D eigenvalue weighted by Crippen LogP contribution is -2.49. The van der Waals surface area contributed by atoms with Crippen molar-refractivity contribution in [3.8, 4) is 22.9 Å². The molecule has 140 valence electrons. The lowest BCUT2D eigenvalue weighted by atomic mass is 9.98. The Balaban J connectivity index is 1.35. The Kier molecular flexibility index (Phi) is 4.81. The first-order valence-corrected chi connectivity index (χ1v) is 9.47. The summed E-state index contributed by atoms with van der Waals surface area (Å²) in [6.45, 7) is 1.19. The second kappa shape index (κ2) is 7.40. The number of likely N-dealkylation sites (tertiary alicyclic amines) is 1. The smallest absolute Gasteiger partial charge is 0.233 e. The maximum absolute atomic E-state index is 12.5. The maximum atomic E-state index is 12.5. The molecule has 1 aliphatic rings. The molecule has 1 amide bonds. The van der Waals surface area contributed by atoms with E-state index in [2.05, 4.69) is 10.1 Å². The molecule has 0 unspecified atom stereocenters. The van der Waals surface area contributed by atoms with Gasteiger partial charge in [0.25, 0.3) is 0 Å². The summed E-state index contributed by atoms with van der Waals surface area (Å²) in [6.07, 6.45) is 0.317. The van der Waals surface area contributed by atoms with Gasteiger partial charge in [-0.2, -0.15) is 16.3 Å². The van der Waals surface area contributed by atoms with Gasteiger partial charge in [-0.1, -0.05) is 11.2 Å². The summed E-state index contributed by atoms with van der Waals surface area (Å²) >= 11 is 1.59. The molecule has 8 heteroatoms. The Hall–Kier alpha value is -2.87. The van der Waals surface area contributed by atoms with Crippen molar-refractivity contribution in [2.75, 3.05) is 27.3 Å². The molecule has 4 rings (SSSR count). The van der Waals surface area contributed by atoms with E-state index < -0.39 is 0 Å². The SMILES string of the molecule is COc1ccc(CC(=O)N2CC(c3nc(-c4ccsc4)no3)C2)cc1OC. The normalized spacial score (nSPS) is 14.1. The van der Waals surface area contributed by atoms with Crippen molar-refractivity contribution >= 4 is 17.2 Å². The summed E-state index contributed by atoms with van der Waals surface area (Å²) in [5.41, 5.74) is 1.84. The van der Waals surface area contributed by atoms with Crippen LogP contribution in [0.15, 0.2) is 39.5 Å². The van der Waals surface area contributed by atoms with E-state index in [1.807, 2.05) is 35.0 Å². The van der Waals surface area contributed by atoms with E-state index in [9.17, 15) is 4.79 Å². The molecule has 2 aromatic heterocycles. The molecule has 3 aromatic rings. The van der Waals surface area contributed by atoms with Crippen molar-refractivity contribution in [1.82, 2.24) is 15.0 Å². The summed E-state index contributed by atoms with van der Waals surface area (Å²) in [7, 11) is 3.17. The molecule has 7 nitrogen and oxygen atoms in total. The van der Waals surface area contributed by atoms with Crippen LogP contribution >= 0.6 is 11.3 Å². The lowest BCUT2D eigenvalue weighted by Gasteiger charge is -2.37. The topological polar surface area (TPSA) is 77.7 Å². The van der Waals surface area contributed by atoms with Gasteiger partial charge in [0, 0.05) is 24.0 Å². The predicted molar refractivity (Wildman–Crippen MR) is 100 cm³/mol. The predicted octanol–water partition coefficient (Wildman–Crippen LogP) is 2.98. The van der Waals surface area contributed by atoms with Gasteiger partial charge in [-0.05, 0) is 29.1 Å². The van der Waals surface area contributed by atoms with Crippen LogP contribution in [0.4, 0.5) is 0 Å². The Bertz CT molecular complexity index is 932. The van der Waals surface area contributed by atoms with E-state index in [0.717, 1.165) is 11.1 Å². The zero-order valence-electron chi connectivity index (χ0n) is 15.0. The molecule has 1 aromatic carbocycles. The Morgan fingerprint density at radius 1 is 1.26 bits per heavy atom. The molecule has 0 spiro atoms. The number of hydrogen-bond acceptors (Lipinski definition) is 7. The minimum absolute atomic E-state index is 0.0658. The number of methoxy groups -OCH3 is 2. The zero-order chi connectivity index (χ0) is 18.8. The van der Waals surface area contributed by atoms with E-state index in [0.29, 0.717) is 42.7 Å². The number of aromatic nitrogens is 2. The minimum Gasteiger partial charge on any atom is -0.493 e. The fraction of sp³-hybridized carbons (Fsp3) is 0.316. The second-order valence-electron chi connectivity index (χ2n) is 6.33. The molecule has 27 heavy (non-hydrogen) atoms. The van der Waals surface area contributed by atoms with Crippen molar-refractivity contribution < 1.29 is 18.8 Å². The summed E-state index contributed by atoms with van der Waals surface area (Å²) in [5, 5.41) is 7.98. The number of benzene rings is 1. The average molecular weight is 385 g/mol. The summed E-state index contributed by atoms with van der Waals surface area (Å²) in [5.74, 6) is 2.62. The highest BCUT2D eigenvalue weighted by atomic mass is 32.1. The highest BCUT2D eigenvalue weighted by Crippen LogP contribution is 2.30. The van der Waals surface area contributed by atoms with Crippen molar-refractivity contribution in [3.05, 3.63) is 46.5 Å². The lowest BCUT2D eigenvalue weighted by molar-refractivity contribution is -0.135. The molecule has 1 saturated heterocycles. The Morgan fingerprint density at radius 2 is 2.07 bits per heavy atom. The molecule has 1 aliphatic heterocycles. The monoisotopic (exact) mass is 385 g/mol. The van der Waals surface area contributed by atoms with Gasteiger partial charge in [-0.25, -0.2) is 0 Å². The number of amides is 1. The Morgan fingerprint density at radius 3 is 2.78 bits per heavy atom. The third kappa shape index (κ3) is 3.52. The molecule has 1 fully saturated rings. The number of hydrogen-bond donors (Lipinski definition) is 0. The number of thiophene rings is 1. The molecular formula is C19H19N3O4S. The number of nitrogens with zero attached hydrogens (tertiary/aromatic N) is 3. The van der Waals surface area contributed by atoms with Crippen LogP contribution in [-0.2, 0) is 11.2 Å². The Labute approximate surface area is 160 Å². The molecule has 0 N–H and O–H groups in total. The molecule has 3 heterocycles. The fourth-order valence-electron chi connectivity index (χ4n) is 3.03. The number of ether oxygens (including phenoxy) is 2. The summed E-state index contributed by atoms with van der Waals surface area (Å²) in [6, 6.07) is 7.48. The first-order chi connectivity index (χ1) is 13.2. The zero-order valence-corrected chi connectivity index (χ0v) is 15.9. The van der Waals surface area contributed by atoms with E-state index >= 15 is 0 Å². The highest BCUT2D eigenvalue weighted by molar-refractivity contribution is 7.08. The number of carbonyl (C=O) groups is 1. The first kappa shape index (κ1) is 17.5. The molecule has 0 atom stereocenters. The van der Waals surface area contributed by atoms with Crippen molar-refractivity contribution in [2.24, 2.45) is 0 Å². The van der Waals surface area contributed by atoms with Crippen LogP contribution in [0.1, 0.15) is 17.4 Å². The van der Waals surface area contributed by atoms with Gasteiger partial charge in [0.15, 0.2) is 11.5 Å². The second-order valence-corrected chi connectivity index (χ2v) is 7.11. The van der Waals surface area contributed by atoms with Crippen LogP contribution in [-0.4, -0.2) is 48.3 Å². The quantitative estimate of drug-likeness (QED) is 0.649. The average Bonchev–Trinajstić information content (AvgIpc) is 3.32. The fourth-order valence-corrected chi connectivity index (χ4v) is 3.66. The van der Waals surface area contributed by atoms with Crippen LogP contribution in [0.2, 0.25) is 0 Å². The van der Waals surface area contributed by atoms with Crippen molar-refractivity contribution in [3.63, 3.8) is 0 Å². The molecular weight excluding hydrogens is 366 g/mol.